The molecule has 0 aromatic carbocycles. The maximum atomic E-state index is 12.8. The summed E-state index contributed by atoms with van der Waals surface area (Å²) in [6, 6.07) is 0.0471. The van der Waals surface area contributed by atoms with Gasteiger partial charge in [0.25, 0.3) is 0 Å². The molecule has 0 radical (unpaired) electrons. The van der Waals surface area contributed by atoms with Crippen molar-refractivity contribution in [3.05, 3.63) is 28.3 Å². The van der Waals surface area contributed by atoms with E-state index in [1.807, 2.05) is 27.7 Å². The SMILES string of the molecule is CCC(C)N=C(CCc1noc2c1C(=O)CCC2)C1=C(O)CC(C)(C)CC1=O. The number of hydrogen-bond donors (Lipinski definition) is 1. The van der Waals surface area contributed by atoms with Crippen LogP contribution in [0.4, 0.5) is 0 Å². The number of hydrogen-bond acceptors (Lipinski definition) is 6. The zero-order valence-corrected chi connectivity index (χ0v) is 17.3. The molecule has 0 spiro atoms. The zero-order valence-electron chi connectivity index (χ0n) is 17.3. The minimum absolute atomic E-state index is 0.0471. The third-order valence-electron chi connectivity index (χ3n) is 5.63. The van der Waals surface area contributed by atoms with Crippen molar-refractivity contribution in [2.45, 2.75) is 85.1 Å². The van der Waals surface area contributed by atoms with E-state index in [1.165, 1.54) is 0 Å². The fraction of sp³-hybridized carbons (Fsp3) is 0.636. The molecule has 1 aromatic heterocycles. The van der Waals surface area contributed by atoms with E-state index in [9.17, 15) is 14.7 Å². The van der Waals surface area contributed by atoms with Crippen molar-refractivity contribution in [2.24, 2.45) is 10.4 Å². The molecule has 0 fully saturated rings. The van der Waals surface area contributed by atoms with Crippen molar-refractivity contribution in [3.63, 3.8) is 0 Å². The van der Waals surface area contributed by atoms with E-state index in [1.54, 1.807) is 0 Å². The van der Waals surface area contributed by atoms with Crippen LogP contribution >= 0.6 is 0 Å². The van der Waals surface area contributed by atoms with Crippen LogP contribution in [0.5, 0.6) is 0 Å². The first kappa shape index (κ1) is 20.5. The van der Waals surface area contributed by atoms with Gasteiger partial charge in [0.05, 0.1) is 16.8 Å². The summed E-state index contributed by atoms with van der Waals surface area (Å²) in [4.78, 5) is 29.8. The van der Waals surface area contributed by atoms with Crippen LogP contribution in [0.15, 0.2) is 20.8 Å². The molecule has 3 rings (SSSR count). The van der Waals surface area contributed by atoms with Crippen LogP contribution in [-0.4, -0.2) is 33.6 Å². The van der Waals surface area contributed by atoms with Gasteiger partial charge in [0.15, 0.2) is 11.6 Å². The number of nitrogens with zero attached hydrogens (tertiary/aromatic N) is 2. The van der Waals surface area contributed by atoms with Gasteiger partial charge in [0.2, 0.25) is 0 Å². The molecular weight excluding hydrogens is 356 g/mol. The first-order chi connectivity index (χ1) is 13.2. The lowest BCUT2D eigenvalue weighted by molar-refractivity contribution is -0.118. The molecule has 1 atom stereocenters. The highest BCUT2D eigenvalue weighted by molar-refractivity contribution is 6.23. The van der Waals surface area contributed by atoms with Crippen molar-refractivity contribution in [1.29, 1.82) is 0 Å². The highest BCUT2D eigenvalue weighted by Crippen LogP contribution is 2.37. The van der Waals surface area contributed by atoms with Crippen LogP contribution in [-0.2, 0) is 17.6 Å². The molecular formula is C22H30N2O4. The second kappa shape index (κ2) is 8.02. The zero-order chi connectivity index (χ0) is 20.5. The van der Waals surface area contributed by atoms with Crippen molar-refractivity contribution in [3.8, 4) is 0 Å². The van der Waals surface area contributed by atoms with Gasteiger partial charge in [0, 0.05) is 37.4 Å². The van der Waals surface area contributed by atoms with Gasteiger partial charge < -0.3 is 9.63 Å². The Morgan fingerprint density at radius 3 is 2.68 bits per heavy atom. The van der Waals surface area contributed by atoms with Gasteiger partial charge >= 0.3 is 0 Å². The number of allylic oxidation sites excluding steroid dienone is 2. The highest BCUT2D eigenvalue weighted by atomic mass is 16.5. The Morgan fingerprint density at radius 1 is 1.25 bits per heavy atom. The average molecular weight is 386 g/mol. The molecule has 2 aliphatic rings. The topological polar surface area (TPSA) is 92.8 Å². The van der Waals surface area contributed by atoms with Gasteiger partial charge in [-0.2, -0.15) is 0 Å². The molecule has 1 N–H and O–H groups in total. The fourth-order valence-corrected chi connectivity index (χ4v) is 4.02. The predicted molar refractivity (Wildman–Crippen MR) is 107 cm³/mol. The molecule has 28 heavy (non-hydrogen) atoms. The van der Waals surface area contributed by atoms with Gasteiger partial charge in [-0.1, -0.05) is 25.9 Å². The first-order valence-corrected chi connectivity index (χ1v) is 10.2. The number of fused-ring (bicyclic) bond motifs is 1. The van der Waals surface area contributed by atoms with Crippen LogP contribution in [0.25, 0.3) is 0 Å². The fourth-order valence-electron chi connectivity index (χ4n) is 4.02. The number of aliphatic hydroxyl groups excluding tert-OH is 1. The van der Waals surface area contributed by atoms with E-state index in [0.29, 0.717) is 60.4 Å². The number of carbonyl (C=O) groups excluding carboxylic acids is 2. The number of carbonyl (C=O) groups is 2. The van der Waals surface area contributed by atoms with E-state index in [-0.39, 0.29) is 28.8 Å². The minimum Gasteiger partial charge on any atom is -0.511 e. The van der Waals surface area contributed by atoms with Gasteiger partial charge in [-0.15, -0.1) is 0 Å². The first-order valence-electron chi connectivity index (χ1n) is 10.2. The predicted octanol–water partition coefficient (Wildman–Crippen LogP) is 4.57. The summed E-state index contributed by atoms with van der Waals surface area (Å²) in [7, 11) is 0. The van der Waals surface area contributed by atoms with Crippen LogP contribution in [0, 0.1) is 5.41 Å². The molecule has 0 saturated carbocycles. The van der Waals surface area contributed by atoms with Gasteiger partial charge in [0.1, 0.15) is 11.5 Å². The number of aliphatic hydroxyl groups is 1. The quantitative estimate of drug-likeness (QED) is 0.723. The molecule has 0 bridgehead atoms. The number of ketones is 2. The van der Waals surface area contributed by atoms with Crippen molar-refractivity contribution in [2.75, 3.05) is 0 Å². The Bertz CT molecular complexity index is 845. The maximum absolute atomic E-state index is 12.8. The summed E-state index contributed by atoms with van der Waals surface area (Å²) >= 11 is 0. The molecule has 1 heterocycles. The summed E-state index contributed by atoms with van der Waals surface area (Å²) < 4.78 is 5.37. The largest absolute Gasteiger partial charge is 0.511 e. The van der Waals surface area contributed by atoms with Gasteiger partial charge in [-0.25, -0.2) is 0 Å². The molecule has 6 nitrogen and oxygen atoms in total. The van der Waals surface area contributed by atoms with E-state index in [4.69, 9.17) is 9.52 Å². The lowest BCUT2D eigenvalue weighted by atomic mass is 9.75. The monoisotopic (exact) mass is 386 g/mol. The lowest BCUT2D eigenvalue weighted by Crippen LogP contribution is -2.30. The average Bonchev–Trinajstić information content (AvgIpc) is 3.02. The Kier molecular flexibility index (Phi) is 5.87. The number of aliphatic imine (C=N–C) groups is 1. The van der Waals surface area contributed by atoms with Crippen molar-refractivity contribution >= 4 is 17.3 Å². The van der Waals surface area contributed by atoms with E-state index >= 15 is 0 Å². The Balaban J connectivity index is 1.89. The Morgan fingerprint density at radius 2 is 2.00 bits per heavy atom. The molecule has 0 amide bonds. The number of Topliss-reactive ketones (excluding diaryl/α,β-unsaturated/α-hetero) is 2. The number of aromatic nitrogens is 1. The molecule has 0 saturated heterocycles. The summed E-state index contributed by atoms with van der Waals surface area (Å²) in [5, 5.41) is 14.7. The van der Waals surface area contributed by atoms with Crippen LogP contribution in [0.3, 0.4) is 0 Å². The second-order valence-corrected chi connectivity index (χ2v) is 8.80. The third kappa shape index (κ3) is 4.26. The molecule has 152 valence electrons. The summed E-state index contributed by atoms with van der Waals surface area (Å²) in [6.45, 7) is 8.00. The van der Waals surface area contributed by atoms with Gasteiger partial charge in [-0.3, -0.25) is 14.6 Å². The molecule has 2 aliphatic carbocycles. The smallest absolute Gasteiger partial charge is 0.168 e. The van der Waals surface area contributed by atoms with Crippen LogP contribution in [0.2, 0.25) is 0 Å². The Hall–Kier alpha value is -2.24. The van der Waals surface area contributed by atoms with E-state index < -0.39 is 0 Å². The number of rotatable bonds is 6. The summed E-state index contributed by atoms with van der Waals surface area (Å²) in [5.74, 6) is 0.815. The number of aryl methyl sites for hydroxylation is 2. The minimum atomic E-state index is -0.246. The molecule has 6 heteroatoms. The maximum Gasteiger partial charge on any atom is 0.168 e. The normalized spacial score (nSPS) is 21.1. The van der Waals surface area contributed by atoms with Crippen molar-refractivity contribution in [1.82, 2.24) is 5.16 Å². The van der Waals surface area contributed by atoms with Crippen LogP contribution in [0.1, 0.15) is 88.0 Å². The molecule has 1 aromatic rings. The molecule has 0 aliphatic heterocycles. The van der Waals surface area contributed by atoms with Gasteiger partial charge in [-0.05, 0) is 38.0 Å². The third-order valence-corrected chi connectivity index (χ3v) is 5.63. The highest BCUT2D eigenvalue weighted by Gasteiger charge is 2.35. The molecule has 1 unspecified atom stereocenters. The lowest BCUT2D eigenvalue weighted by Gasteiger charge is -2.30. The standard InChI is InChI=1S/C22H30N2O4/c1-5-13(2)23-14(20-17(26)11-22(3,4)12-18(20)27)9-10-15-21-16(25)7-6-8-19(21)28-24-15/h13,26H,5-12H2,1-4H3. The van der Waals surface area contributed by atoms with Crippen molar-refractivity contribution < 1.29 is 19.2 Å². The summed E-state index contributed by atoms with van der Waals surface area (Å²) in [5.41, 5.74) is 1.99. The summed E-state index contributed by atoms with van der Waals surface area (Å²) in [6.07, 6.45) is 4.67. The van der Waals surface area contributed by atoms with E-state index in [2.05, 4.69) is 5.16 Å². The Labute approximate surface area is 166 Å². The van der Waals surface area contributed by atoms with Crippen LogP contribution < -0.4 is 0 Å². The van der Waals surface area contributed by atoms with E-state index in [0.717, 1.165) is 19.3 Å². The second-order valence-electron chi connectivity index (χ2n) is 8.80.